The Bertz CT molecular complexity index is 716. The molecule has 3 rings (SSSR count). The van der Waals surface area contributed by atoms with Crippen molar-refractivity contribution in [3.8, 4) is 0 Å². The SMILES string of the molecule is Cc1cc(Sc2nc3c(N)cccc3o2)n(C)n1. The molecule has 0 fully saturated rings. The molecule has 2 N–H and O–H groups in total. The van der Waals surface area contributed by atoms with Crippen LogP contribution in [0.3, 0.4) is 0 Å². The van der Waals surface area contributed by atoms with Crippen LogP contribution in [0.5, 0.6) is 0 Å². The van der Waals surface area contributed by atoms with Crippen LogP contribution in [-0.4, -0.2) is 14.8 Å². The Morgan fingerprint density at radius 1 is 1.39 bits per heavy atom. The van der Waals surface area contributed by atoms with Crippen molar-refractivity contribution in [2.45, 2.75) is 17.2 Å². The first kappa shape index (κ1) is 11.2. The molecule has 0 aliphatic carbocycles. The maximum atomic E-state index is 5.85. The number of benzene rings is 1. The quantitative estimate of drug-likeness (QED) is 0.717. The molecular formula is C12H12N4OS. The van der Waals surface area contributed by atoms with Gasteiger partial charge < -0.3 is 10.2 Å². The highest BCUT2D eigenvalue weighted by molar-refractivity contribution is 7.99. The topological polar surface area (TPSA) is 69.9 Å². The van der Waals surface area contributed by atoms with Gasteiger partial charge in [0.2, 0.25) is 0 Å². The number of anilines is 1. The summed E-state index contributed by atoms with van der Waals surface area (Å²) in [5.74, 6) is 0. The van der Waals surface area contributed by atoms with Crippen molar-refractivity contribution in [2.75, 3.05) is 5.73 Å². The van der Waals surface area contributed by atoms with Crippen LogP contribution in [0.25, 0.3) is 11.1 Å². The molecule has 5 nitrogen and oxygen atoms in total. The fourth-order valence-electron chi connectivity index (χ4n) is 1.76. The third kappa shape index (κ3) is 1.84. The normalized spacial score (nSPS) is 11.2. The molecule has 18 heavy (non-hydrogen) atoms. The zero-order chi connectivity index (χ0) is 12.7. The zero-order valence-electron chi connectivity index (χ0n) is 10.0. The summed E-state index contributed by atoms with van der Waals surface area (Å²) in [5.41, 5.74) is 8.86. The van der Waals surface area contributed by atoms with Crippen LogP contribution < -0.4 is 5.73 Å². The fraction of sp³-hybridized carbons (Fsp3) is 0.167. The summed E-state index contributed by atoms with van der Waals surface area (Å²) in [5, 5.41) is 5.84. The van der Waals surface area contributed by atoms with E-state index < -0.39 is 0 Å². The van der Waals surface area contributed by atoms with Gasteiger partial charge in [0.15, 0.2) is 5.58 Å². The molecule has 0 saturated heterocycles. The largest absolute Gasteiger partial charge is 0.431 e. The van der Waals surface area contributed by atoms with Gasteiger partial charge in [-0.05, 0) is 36.9 Å². The maximum absolute atomic E-state index is 5.85. The summed E-state index contributed by atoms with van der Waals surface area (Å²) in [4.78, 5) is 4.39. The highest BCUT2D eigenvalue weighted by Crippen LogP contribution is 2.31. The molecule has 92 valence electrons. The molecule has 0 aliphatic heterocycles. The molecule has 3 aromatic rings. The summed E-state index contributed by atoms with van der Waals surface area (Å²) < 4.78 is 7.45. The van der Waals surface area contributed by atoms with E-state index in [2.05, 4.69) is 10.1 Å². The summed E-state index contributed by atoms with van der Waals surface area (Å²) in [6.45, 7) is 1.95. The molecule has 6 heteroatoms. The lowest BCUT2D eigenvalue weighted by molar-refractivity contribution is 0.488. The smallest absolute Gasteiger partial charge is 0.263 e. The van der Waals surface area contributed by atoms with Crippen molar-refractivity contribution in [2.24, 2.45) is 7.05 Å². The molecule has 1 aromatic carbocycles. The van der Waals surface area contributed by atoms with Crippen molar-refractivity contribution < 1.29 is 4.42 Å². The molecular weight excluding hydrogens is 248 g/mol. The number of aryl methyl sites for hydroxylation is 2. The lowest BCUT2D eigenvalue weighted by Gasteiger charge is -1.95. The van der Waals surface area contributed by atoms with Crippen LogP contribution in [-0.2, 0) is 7.05 Å². The van der Waals surface area contributed by atoms with Gasteiger partial charge in [-0.1, -0.05) is 6.07 Å². The number of nitrogens with zero attached hydrogens (tertiary/aromatic N) is 3. The predicted molar refractivity (Wildman–Crippen MR) is 70.5 cm³/mol. The van der Waals surface area contributed by atoms with Crippen molar-refractivity contribution in [1.82, 2.24) is 14.8 Å². The Morgan fingerprint density at radius 2 is 2.22 bits per heavy atom. The third-order valence-corrected chi connectivity index (χ3v) is 3.52. The number of hydrogen-bond donors (Lipinski definition) is 1. The average molecular weight is 260 g/mol. The molecule has 0 bridgehead atoms. The third-order valence-electron chi connectivity index (χ3n) is 2.58. The minimum Gasteiger partial charge on any atom is -0.431 e. The van der Waals surface area contributed by atoms with E-state index in [-0.39, 0.29) is 0 Å². The van der Waals surface area contributed by atoms with E-state index >= 15 is 0 Å². The first-order valence-corrected chi connectivity index (χ1v) is 6.28. The maximum Gasteiger partial charge on any atom is 0.263 e. The second kappa shape index (κ2) is 4.06. The number of nitrogens with two attached hydrogens (primary N) is 1. The Labute approximate surface area is 108 Å². The van der Waals surface area contributed by atoms with E-state index in [9.17, 15) is 0 Å². The van der Waals surface area contributed by atoms with Gasteiger partial charge >= 0.3 is 0 Å². The van der Waals surface area contributed by atoms with E-state index in [1.807, 2.05) is 38.2 Å². The van der Waals surface area contributed by atoms with Gasteiger partial charge in [0.1, 0.15) is 10.5 Å². The summed E-state index contributed by atoms with van der Waals surface area (Å²) >= 11 is 1.44. The zero-order valence-corrected chi connectivity index (χ0v) is 10.9. The second-order valence-electron chi connectivity index (χ2n) is 4.02. The molecule has 0 aliphatic rings. The van der Waals surface area contributed by atoms with Gasteiger partial charge in [0.05, 0.1) is 11.4 Å². The van der Waals surface area contributed by atoms with E-state index in [1.165, 1.54) is 11.8 Å². The Kier molecular flexibility index (Phi) is 2.52. The monoisotopic (exact) mass is 260 g/mol. The molecule has 0 radical (unpaired) electrons. The number of hydrogen-bond acceptors (Lipinski definition) is 5. The van der Waals surface area contributed by atoms with E-state index in [1.54, 1.807) is 4.68 Å². The van der Waals surface area contributed by atoms with Gasteiger partial charge in [0.25, 0.3) is 5.22 Å². The average Bonchev–Trinajstić information content (AvgIpc) is 2.84. The van der Waals surface area contributed by atoms with E-state index in [4.69, 9.17) is 10.2 Å². The molecule has 0 saturated carbocycles. The lowest BCUT2D eigenvalue weighted by Crippen LogP contribution is -1.92. The minimum atomic E-state index is 0.575. The predicted octanol–water partition coefficient (Wildman–Crippen LogP) is 2.60. The van der Waals surface area contributed by atoms with Crippen molar-refractivity contribution in [3.05, 3.63) is 30.0 Å². The number of aromatic nitrogens is 3. The summed E-state index contributed by atoms with van der Waals surface area (Å²) in [6, 6.07) is 7.51. The molecule has 0 unspecified atom stereocenters. The number of rotatable bonds is 2. The van der Waals surface area contributed by atoms with Gasteiger partial charge in [-0.2, -0.15) is 5.10 Å². The lowest BCUT2D eigenvalue weighted by atomic mass is 10.3. The Balaban J connectivity index is 2.00. The first-order chi connectivity index (χ1) is 8.63. The van der Waals surface area contributed by atoms with Crippen molar-refractivity contribution >= 4 is 28.5 Å². The number of para-hydroxylation sites is 1. The summed E-state index contributed by atoms with van der Waals surface area (Å²) in [7, 11) is 1.90. The van der Waals surface area contributed by atoms with Gasteiger partial charge in [-0.3, -0.25) is 4.68 Å². The summed E-state index contributed by atoms with van der Waals surface area (Å²) in [6.07, 6.45) is 0. The molecule has 0 amide bonds. The van der Waals surface area contributed by atoms with Crippen molar-refractivity contribution in [3.63, 3.8) is 0 Å². The second-order valence-corrected chi connectivity index (χ2v) is 5.00. The van der Waals surface area contributed by atoms with E-state index in [0.717, 1.165) is 10.7 Å². The van der Waals surface area contributed by atoms with E-state index in [0.29, 0.717) is 22.0 Å². The van der Waals surface area contributed by atoms with Crippen LogP contribution in [0.1, 0.15) is 5.69 Å². The van der Waals surface area contributed by atoms with Gasteiger partial charge in [0, 0.05) is 7.05 Å². The van der Waals surface area contributed by atoms with Crippen LogP contribution in [0.2, 0.25) is 0 Å². The standard InChI is InChI=1S/C12H12N4OS/c1-7-6-10(16(2)15-7)18-12-14-11-8(13)4-3-5-9(11)17-12/h3-6H,13H2,1-2H3. The Morgan fingerprint density at radius 3 is 2.89 bits per heavy atom. The van der Waals surface area contributed by atoms with Gasteiger partial charge in [-0.15, -0.1) is 0 Å². The number of oxazole rings is 1. The highest BCUT2D eigenvalue weighted by Gasteiger charge is 2.12. The van der Waals surface area contributed by atoms with Crippen LogP contribution >= 0.6 is 11.8 Å². The Hall–Kier alpha value is -1.95. The fourth-order valence-corrected chi connectivity index (χ4v) is 2.61. The van der Waals surface area contributed by atoms with Gasteiger partial charge in [-0.25, -0.2) is 4.98 Å². The molecule has 0 atom stereocenters. The molecule has 2 heterocycles. The molecule has 2 aromatic heterocycles. The van der Waals surface area contributed by atoms with Crippen LogP contribution in [0.4, 0.5) is 5.69 Å². The highest BCUT2D eigenvalue weighted by atomic mass is 32.2. The van der Waals surface area contributed by atoms with Crippen molar-refractivity contribution in [1.29, 1.82) is 0 Å². The first-order valence-electron chi connectivity index (χ1n) is 5.47. The number of nitrogen functional groups attached to an aromatic ring is 1. The number of fused-ring (bicyclic) bond motifs is 1. The molecule has 0 spiro atoms. The minimum absolute atomic E-state index is 0.575. The van der Waals surface area contributed by atoms with Crippen LogP contribution in [0.15, 0.2) is 38.9 Å². The van der Waals surface area contributed by atoms with Crippen LogP contribution in [0, 0.1) is 6.92 Å².